The number of methoxy groups -OCH3 is 1. The molecule has 6 nitrogen and oxygen atoms in total. The number of hydrogen-bond donors (Lipinski definition) is 0. The summed E-state index contributed by atoms with van der Waals surface area (Å²) in [5, 5.41) is 0.496. The molecule has 0 fully saturated rings. The molecule has 2 aromatic rings. The Morgan fingerprint density at radius 3 is 2.63 bits per heavy atom. The van der Waals surface area contributed by atoms with Gasteiger partial charge in [-0.3, -0.25) is 4.79 Å². The lowest BCUT2D eigenvalue weighted by Gasteiger charge is -1.96. The molecule has 19 heavy (non-hydrogen) atoms. The molecule has 7 heteroatoms. The molecule has 2 rings (SSSR count). The lowest BCUT2D eigenvalue weighted by Crippen LogP contribution is -2.06. The Kier molecular flexibility index (Phi) is 3.66. The van der Waals surface area contributed by atoms with Gasteiger partial charge in [-0.1, -0.05) is 0 Å². The quantitative estimate of drug-likeness (QED) is 0.629. The van der Waals surface area contributed by atoms with Gasteiger partial charge in [0.25, 0.3) is 0 Å². The van der Waals surface area contributed by atoms with Gasteiger partial charge in [0.1, 0.15) is 21.4 Å². The van der Waals surface area contributed by atoms with Crippen LogP contribution in [0.25, 0.3) is 10.7 Å². The van der Waals surface area contributed by atoms with Crippen LogP contribution in [0.4, 0.5) is 0 Å². The Hall–Kier alpha value is -2.15. The van der Waals surface area contributed by atoms with Crippen LogP contribution in [-0.2, 0) is 4.74 Å². The molecular weight excluding hydrogens is 266 g/mol. The minimum Gasteiger partial charge on any atom is -0.464 e. The highest BCUT2D eigenvalue weighted by Gasteiger charge is 2.22. The molecule has 0 aliphatic carbocycles. The van der Waals surface area contributed by atoms with Crippen molar-refractivity contribution in [3.05, 3.63) is 28.7 Å². The molecule has 0 spiro atoms. The zero-order valence-electron chi connectivity index (χ0n) is 10.6. The maximum Gasteiger partial charge on any atom is 0.358 e. The van der Waals surface area contributed by atoms with Crippen molar-refractivity contribution >= 4 is 23.1 Å². The zero-order valence-corrected chi connectivity index (χ0v) is 11.4. The number of aromatic nitrogens is 3. The van der Waals surface area contributed by atoms with Crippen molar-refractivity contribution in [1.82, 2.24) is 15.0 Å². The molecule has 0 aliphatic rings. The highest BCUT2D eigenvalue weighted by molar-refractivity contribution is 7.17. The van der Waals surface area contributed by atoms with Crippen LogP contribution >= 0.6 is 11.3 Å². The summed E-state index contributed by atoms with van der Waals surface area (Å²) in [5.41, 5.74) is 0.612. The lowest BCUT2D eigenvalue weighted by molar-refractivity contribution is 0.0591. The summed E-state index contributed by atoms with van der Waals surface area (Å²) >= 11 is 1.12. The second-order valence-electron chi connectivity index (χ2n) is 3.73. The van der Waals surface area contributed by atoms with Gasteiger partial charge in [-0.15, -0.1) is 11.3 Å². The zero-order chi connectivity index (χ0) is 14.0. The summed E-state index contributed by atoms with van der Waals surface area (Å²) in [5.74, 6) is -0.259. The second kappa shape index (κ2) is 5.23. The highest BCUT2D eigenvalue weighted by atomic mass is 32.1. The van der Waals surface area contributed by atoms with E-state index < -0.39 is 5.97 Å². The minimum atomic E-state index is -0.626. The van der Waals surface area contributed by atoms with E-state index in [1.54, 1.807) is 19.2 Å². The average molecular weight is 277 g/mol. The Bertz CT molecular complexity index is 651. The van der Waals surface area contributed by atoms with E-state index >= 15 is 0 Å². The van der Waals surface area contributed by atoms with E-state index in [-0.39, 0.29) is 16.4 Å². The number of hydrogen-bond acceptors (Lipinski definition) is 7. The summed E-state index contributed by atoms with van der Waals surface area (Å²) < 4.78 is 4.62. The fourth-order valence-electron chi connectivity index (χ4n) is 1.48. The molecule has 2 aromatic heterocycles. The number of Topliss-reactive ketones (excluding diaryl/α,β-unsaturated/α-hetero) is 1. The number of thiazole rings is 1. The Balaban J connectivity index is 2.54. The minimum absolute atomic E-state index is 0.0336. The molecule has 0 saturated heterocycles. The fourth-order valence-corrected chi connectivity index (χ4v) is 2.40. The Morgan fingerprint density at radius 2 is 2.05 bits per heavy atom. The molecule has 0 saturated carbocycles. The van der Waals surface area contributed by atoms with Gasteiger partial charge in [0.05, 0.1) is 7.11 Å². The van der Waals surface area contributed by atoms with Crippen molar-refractivity contribution in [3.8, 4) is 10.7 Å². The van der Waals surface area contributed by atoms with E-state index in [2.05, 4.69) is 19.7 Å². The first-order chi connectivity index (χ1) is 9.02. The van der Waals surface area contributed by atoms with Crippen molar-refractivity contribution in [1.29, 1.82) is 0 Å². The summed E-state index contributed by atoms with van der Waals surface area (Å²) in [6.07, 6.45) is 1.60. The molecule has 0 amide bonds. The highest BCUT2D eigenvalue weighted by Crippen LogP contribution is 2.27. The van der Waals surface area contributed by atoms with Crippen molar-refractivity contribution in [2.45, 2.75) is 13.8 Å². The third-order valence-electron chi connectivity index (χ3n) is 2.32. The first-order valence-corrected chi connectivity index (χ1v) is 6.24. The van der Waals surface area contributed by atoms with Gasteiger partial charge in [0, 0.05) is 13.1 Å². The maximum absolute atomic E-state index is 11.6. The Morgan fingerprint density at radius 1 is 1.32 bits per heavy atom. The van der Waals surface area contributed by atoms with Crippen LogP contribution in [0.3, 0.4) is 0 Å². The van der Waals surface area contributed by atoms with Crippen LogP contribution in [0.15, 0.2) is 12.3 Å². The third-order valence-corrected chi connectivity index (χ3v) is 3.50. The molecule has 98 valence electrons. The summed E-state index contributed by atoms with van der Waals surface area (Å²) in [7, 11) is 1.25. The largest absolute Gasteiger partial charge is 0.464 e. The average Bonchev–Trinajstić information content (AvgIpc) is 2.83. The molecular formula is C12H11N3O3S. The van der Waals surface area contributed by atoms with Gasteiger partial charge in [-0.05, 0) is 13.0 Å². The van der Waals surface area contributed by atoms with Gasteiger partial charge in [-0.25, -0.2) is 19.7 Å². The van der Waals surface area contributed by atoms with E-state index in [4.69, 9.17) is 0 Å². The van der Waals surface area contributed by atoms with Crippen LogP contribution in [-0.4, -0.2) is 33.8 Å². The summed E-state index contributed by atoms with van der Waals surface area (Å²) in [6, 6.07) is 1.68. The number of rotatable bonds is 3. The second-order valence-corrected chi connectivity index (χ2v) is 4.73. The number of ether oxygens (including phenoxy) is 1. The van der Waals surface area contributed by atoms with Gasteiger partial charge in [-0.2, -0.15) is 0 Å². The van der Waals surface area contributed by atoms with Crippen LogP contribution in [0.2, 0.25) is 0 Å². The standard InChI is InChI=1S/C12H11N3O3S/c1-6(16)10-9(12(17)18-3)15-11(19-10)8-4-5-13-7(2)14-8/h4-5H,1-3H3. The normalized spacial score (nSPS) is 10.3. The SMILES string of the molecule is COC(=O)c1nc(-c2ccnc(C)n2)sc1C(C)=O. The predicted octanol–water partition coefficient (Wildman–Crippen LogP) is 1.90. The fraction of sp³-hybridized carbons (Fsp3) is 0.250. The molecule has 0 N–H and O–H groups in total. The number of carbonyl (C=O) groups is 2. The summed E-state index contributed by atoms with van der Waals surface area (Å²) in [4.78, 5) is 35.7. The van der Waals surface area contributed by atoms with Gasteiger partial charge >= 0.3 is 5.97 Å². The Labute approximate surface area is 113 Å². The van der Waals surface area contributed by atoms with E-state index in [1.165, 1.54) is 14.0 Å². The monoisotopic (exact) mass is 277 g/mol. The van der Waals surface area contributed by atoms with Crippen LogP contribution < -0.4 is 0 Å². The van der Waals surface area contributed by atoms with Crippen LogP contribution in [0.1, 0.15) is 32.9 Å². The van der Waals surface area contributed by atoms with Gasteiger partial charge in [0.15, 0.2) is 11.5 Å². The lowest BCUT2D eigenvalue weighted by atomic mass is 10.3. The molecule has 0 bridgehead atoms. The number of esters is 1. The van der Waals surface area contributed by atoms with Crippen LogP contribution in [0.5, 0.6) is 0 Å². The molecule has 0 unspecified atom stereocenters. The number of nitrogens with zero attached hydrogens (tertiary/aromatic N) is 3. The maximum atomic E-state index is 11.6. The van der Waals surface area contributed by atoms with E-state index in [1.807, 2.05) is 0 Å². The topological polar surface area (TPSA) is 82.0 Å². The van der Waals surface area contributed by atoms with Crippen molar-refractivity contribution in [2.75, 3.05) is 7.11 Å². The molecule has 0 atom stereocenters. The molecule has 0 radical (unpaired) electrons. The van der Waals surface area contributed by atoms with Gasteiger partial charge in [0.2, 0.25) is 0 Å². The molecule has 0 aliphatic heterocycles. The van der Waals surface area contributed by atoms with Crippen LogP contribution in [0, 0.1) is 6.92 Å². The van der Waals surface area contributed by atoms with Crippen molar-refractivity contribution in [2.24, 2.45) is 0 Å². The van der Waals surface area contributed by atoms with Crippen molar-refractivity contribution < 1.29 is 14.3 Å². The summed E-state index contributed by atoms with van der Waals surface area (Å²) in [6.45, 7) is 3.14. The van der Waals surface area contributed by atoms with E-state index in [0.29, 0.717) is 16.5 Å². The molecule has 2 heterocycles. The van der Waals surface area contributed by atoms with E-state index in [9.17, 15) is 9.59 Å². The third kappa shape index (κ3) is 2.65. The number of aryl methyl sites for hydroxylation is 1. The number of carbonyl (C=O) groups excluding carboxylic acids is 2. The first-order valence-electron chi connectivity index (χ1n) is 5.43. The first kappa shape index (κ1) is 13.3. The van der Waals surface area contributed by atoms with Gasteiger partial charge < -0.3 is 4.74 Å². The van der Waals surface area contributed by atoms with E-state index in [0.717, 1.165) is 11.3 Å². The number of ketones is 1. The predicted molar refractivity (Wildman–Crippen MR) is 69.2 cm³/mol. The molecule has 0 aromatic carbocycles. The smallest absolute Gasteiger partial charge is 0.358 e. The van der Waals surface area contributed by atoms with Crippen molar-refractivity contribution in [3.63, 3.8) is 0 Å².